The average Bonchev–Trinajstić information content (AvgIpc) is 2.85. The number of hydrogen-bond acceptors (Lipinski definition) is 4. The van der Waals surface area contributed by atoms with Gasteiger partial charge >= 0.3 is 12.0 Å². The fourth-order valence-corrected chi connectivity index (χ4v) is 3.38. The number of aromatic nitrogens is 1. The molecule has 21 heavy (non-hydrogen) atoms. The molecule has 1 fully saturated rings. The van der Waals surface area contributed by atoms with Crippen LogP contribution in [0.4, 0.5) is 4.79 Å². The number of thiazole rings is 1. The molecule has 3 atom stereocenters. The van der Waals surface area contributed by atoms with E-state index in [0.717, 1.165) is 9.88 Å². The molecule has 3 unspecified atom stereocenters. The topological polar surface area (TPSA) is 82.5 Å². The zero-order valence-electron chi connectivity index (χ0n) is 12.5. The third-order valence-electron chi connectivity index (χ3n) is 3.84. The summed E-state index contributed by atoms with van der Waals surface area (Å²) in [5.41, 5.74) is 0. The number of hydrogen-bond donors (Lipinski definition) is 2. The molecule has 0 spiro atoms. The first kappa shape index (κ1) is 15.8. The number of aryl methyl sites for hydroxylation is 1. The molecule has 1 aliphatic rings. The summed E-state index contributed by atoms with van der Waals surface area (Å²) in [4.78, 5) is 30.4. The van der Waals surface area contributed by atoms with Crippen molar-refractivity contribution in [3.05, 3.63) is 16.1 Å². The molecule has 1 saturated heterocycles. The molecule has 6 nitrogen and oxygen atoms in total. The number of carboxylic acid groups (broad SMARTS) is 1. The number of amides is 2. The highest BCUT2D eigenvalue weighted by Gasteiger charge is 2.32. The Morgan fingerprint density at radius 2 is 2.29 bits per heavy atom. The summed E-state index contributed by atoms with van der Waals surface area (Å²) < 4.78 is 0. The monoisotopic (exact) mass is 311 g/mol. The summed E-state index contributed by atoms with van der Waals surface area (Å²) in [7, 11) is 0. The molecule has 1 aliphatic heterocycles. The van der Waals surface area contributed by atoms with Crippen LogP contribution in [0, 0.1) is 12.8 Å². The maximum absolute atomic E-state index is 12.3. The number of carbonyl (C=O) groups is 2. The molecule has 2 heterocycles. The average molecular weight is 311 g/mol. The van der Waals surface area contributed by atoms with Crippen molar-refractivity contribution in [2.75, 3.05) is 6.54 Å². The molecule has 0 saturated carbocycles. The van der Waals surface area contributed by atoms with Crippen LogP contribution in [0.15, 0.2) is 6.20 Å². The van der Waals surface area contributed by atoms with Crippen molar-refractivity contribution in [2.24, 2.45) is 5.92 Å². The second kappa shape index (κ2) is 6.43. The van der Waals surface area contributed by atoms with Gasteiger partial charge in [-0.25, -0.2) is 9.78 Å². The van der Waals surface area contributed by atoms with E-state index in [9.17, 15) is 9.59 Å². The highest BCUT2D eigenvalue weighted by atomic mass is 32.1. The van der Waals surface area contributed by atoms with Gasteiger partial charge in [-0.2, -0.15) is 0 Å². The van der Waals surface area contributed by atoms with Gasteiger partial charge in [0.25, 0.3) is 0 Å². The number of rotatable bonds is 3. The lowest BCUT2D eigenvalue weighted by Crippen LogP contribution is -2.50. The van der Waals surface area contributed by atoms with Crippen LogP contribution >= 0.6 is 11.3 Å². The molecular formula is C14H21N3O3S. The highest BCUT2D eigenvalue weighted by Crippen LogP contribution is 2.24. The fourth-order valence-electron chi connectivity index (χ4n) is 2.60. The standard InChI is InChI=1S/C14H21N3O3S/c1-8-6-11(13(18)19)4-5-17(8)14(20)16-10(3)12-15-7-9(2)21-12/h7-8,10-11H,4-6H2,1-3H3,(H,16,20)(H,18,19). The van der Waals surface area contributed by atoms with E-state index in [1.54, 1.807) is 22.4 Å². The van der Waals surface area contributed by atoms with Crippen LogP contribution in [-0.4, -0.2) is 39.6 Å². The maximum Gasteiger partial charge on any atom is 0.318 e. The van der Waals surface area contributed by atoms with Crippen molar-refractivity contribution in [1.29, 1.82) is 0 Å². The molecular weight excluding hydrogens is 290 g/mol. The SMILES string of the molecule is Cc1cnc(C(C)NC(=O)N2CCC(C(=O)O)CC2C)s1. The van der Waals surface area contributed by atoms with Gasteiger partial charge in [0.05, 0.1) is 12.0 Å². The first-order chi connectivity index (χ1) is 9.88. The summed E-state index contributed by atoms with van der Waals surface area (Å²) in [6.07, 6.45) is 2.81. The minimum atomic E-state index is -0.770. The van der Waals surface area contributed by atoms with Gasteiger partial charge in [-0.15, -0.1) is 11.3 Å². The number of nitrogens with one attached hydrogen (secondary N) is 1. The first-order valence-electron chi connectivity index (χ1n) is 7.10. The zero-order chi connectivity index (χ0) is 15.6. The lowest BCUT2D eigenvalue weighted by atomic mass is 9.92. The normalized spacial score (nSPS) is 23.7. The number of likely N-dealkylation sites (tertiary alicyclic amines) is 1. The maximum atomic E-state index is 12.3. The molecule has 2 N–H and O–H groups in total. The van der Waals surface area contributed by atoms with Crippen LogP contribution in [0.3, 0.4) is 0 Å². The number of carbonyl (C=O) groups excluding carboxylic acids is 1. The van der Waals surface area contributed by atoms with Gasteiger partial charge in [-0.05, 0) is 33.6 Å². The minimum Gasteiger partial charge on any atom is -0.481 e. The Balaban J connectivity index is 1.93. The predicted molar refractivity (Wildman–Crippen MR) is 80.3 cm³/mol. The number of aliphatic carboxylic acids is 1. The summed E-state index contributed by atoms with van der Waals surface area (Å²) in [5.74, 6) is -1.11. The van der Waals surface area contributed by atoms with E-state index in [0.29, 0.717) is 19.4 Å². The molecule has 0 aliphatic carbocycles. The Bertz CT molecular complexity index is 531. The van der Waals surface area contributed by atoms with Crippen LogP contribution in [0.5, 0.6) is 0 Å². The van der Waals surface area contributed by atoms with E-state index in [2.05, 4.69) is 10.3 Å². The van der Waals surface area contributed by atoms with Crippen molar-refractivity contribution in [1.82, 2.24) is 15.2 Å². The van der Waals surface area contributed by atoms with Crippen LogP contribution in [0.1, 0.15) is 42.6 Å². The molecule has 1 aromatic heterocycles. The van der Waals surface area contributed by atoms with E-state index in [1.807, 2.05) is 20.8 Å². The number of urea groups is 1. The van der Waals surface area contributed by atoms with Crippen LogP contribution < -0.4 is 5.32 Å². The van der Waals surface area contributed by atoms with E-state index in [-0.39, 0.29) is 24.0 Å². The van der Waals surface area contributed by atoms with Crippen molar-refractivity contribution in [3.63, 3.8) is 0 Å². The van der Waals surface area contributed by atoms with Gasteiger partial charge in [0.1, 0.15) is 5.01 Å². The van der Waals surface area contributed by atoms with E-state index in [1.165, 1.54) is 0 Å². The molecule has 116 valence electrons. The molecule has 0 bridgehead atoms. The molecule has 0 radical (unpaired) electrons. The molecule has 0 aromatic carbocycles. The largest absolute Gasteiger partial charge is 0.481 e. The predicted octanol–water partition coefficient (Wildman–Crippen LogP) is 2.41. The first-order valence-corrected chi connectivity index (χ1v) is 7.92. The molecule has 1 aromatic rings. The van der Waals surface area contributed by atoms with Crippen LogP contribution in [-0.2, 0) is 4.79 Å². The third-order valence-corrected chi connectivity index (χ3v) is 4.93. The number of carboxylic acids is 1. The summed E-state index contributed by atoms with van der Waals surface area (Å²) in [6, 6.07) is -0.350. The lowest BCUT2D eigenvalue weighted by molar-refractivity contribution is -0.143. The second-order valence-electron chi connectivity index (χ2n) is 5.58. The van der Waals surface area contributed by atoms with Crippen LogP contribution in [0.25, 0.3) is 0 Å². The second-order valence-corrected chi connectivity index (χ2v) is 6.85. The van der Waals surface area contributed by atoms with Crippen molar-refractivity contribution in [3.8, 4) is 0 Å². The van der Waals surface area contributed by atoms with E-state index < -0.39 is 5.97 Å². The summed E-state index contributed by atoms with van der Waals surface area (Å²) in [5, 5.41) is 12.9. The van der Waals surface area contributed by atoms with Gasteiger partial charge in [0, 0.05) is 23.7 Å². The van der Waals surface area contributed by atoms with Gasteiger partial charge in [-0.3, -0.25) is 4.79 Å². The Labute approximate surface area is 128 Å². The van der Waals surface area contributed by atoms with Crippen molar-refractivity contribution >= 4 is 23.3 Å². The van der Waals surface area contributed by atoms with Gasteiger partial charge in [0.2, 0.25) is 0 Å². The Hall–Kier alpha value is -1.63. The Morgan fingerprint density at radius 3 is 2.81 bits per heavy atom. The van der Waals surface area contributed by atoms with Crippen molar-refractivity contribution < 1.29 is 14.7 Å². The van der Waals surface area contributed by atoms with Gasteiger partial charge in [-0.1, -0.05) is 0 Å². The van der Waals surface area contributed by atoms with E-state index >= 15 is 0 Å². The smallest absolute Gasteiger partial charge is 0.318 e. The molecule has 2 amide bonds. The Kier molecular flexibility index (Phi) is 4.82. The zero-order valence-corrected chi connectivity index (χ0v) is 13.3. The number of piperidine rings is 1. The Morgan fingerprint density at radius 1 is 1.57 bits per heavy atom. The van der Waals surface area contributed by atoms with Gasteiger partial charge in [0.15, 0.2) is 0 Å². The fraction of sp³-hybridized carbons (Fsp3) is 0.643. The van der Waals surface area contributed by atoms with Crippen molar-refractivity contribution in [2.45, 2.75) is 45.7 Å². The summed E-state index contributed by atoms with van der Waals surface area (Å²) >= 11 is 1.57. The van der Waals surface area contributed by atoms with E-state index in [4.69, 9.17) is 5.11 Å². The minimum absolute atomic E-state index is 0.0647. The summed E-state index contributed by atoms with van der Waals surface area (Å²) in [6.45, 7) is 6.26. The quantitative estimate of drug-likeness (QED) is 0.898. The lowest BCUT2D eigenvalue weighted by Gasteiger charge is -2.36. The molecule has 2 rings (SSSR count). The highest BCUT2D eigenvalue weighted by molar-refractivity contribution is 7.11. The van der Waals surface area contributed by atoms with Crippen LogP contribution in [0.2, 0.25) is 0 Å². The molecule has 7 heteroatoms. The number of nitrogens with zero attached hydrogens (tertiary/aromatic N) is 2. The third kappa shape index (κ3) is 3.72. The van der Waals surface area contributed by atoms with Gasteiger partial charge < -0.3 is 15.3 Å².